The molecule has 0 nitrogen and oxygen atoms in total. The van der Waals surface area contributed by atoms with E-state index in [4.69, 9.17) is 0 Å². The molecular formula is C28H17I3S. The summed E-state index contributed by atoms with van der Waals surface area (Å²) < 4.78 is 3.74. The van der Waals surface area contributed by atoms with Gasteiger partial charge in [-0.3, -0.25) is 0 Å². The molecule has 0 atom stereocenters. The Balaban J connectivity index is 1.87. The van der Waals surface area contributed by atoms with E-state index in [-0.39, 0.29) is 0 Å². The van der Waals surface area contributed by atoms with Gasteiger partial charge in [-0.2, -0.15) is 0 Å². The van der Waals surface area contributed by atoms with Crippen LogP contribution in [0.5, 0.6) is 0 Å². The Bertz CT molecular complexity index is 1350. The number of hydrogen-bond acceptors (Lipinski definition) is 1. The van der Waals surface area contributed by atoms with Gasteiger partial charge in [-0.1, -0.05) is 66.7 Å². The quantitative estimate of drug-likeness (QED) is 0.160. The van der Waals surface area contributed by atoms with Crippen LogP contribution in [0.25, 0.3) is 43.1 Å². The van der Waals surface area contributed by atoms with Gasteiger partial charge in [-0.25, -0.2) is 0 Å². The number of hydrogen-bond donors (Lipinski definition) is 0. The molecule has 0 amide bonds. The van der Waals surface area contributed by atoms with Gasteiger partial charge in [0.05, 0.1) is 0 Å². The Labute approximate surface area is 233 Å². The average molecular weight is 766 g/mol. The van der Waals surface area contributed by atoms with Crippen molar-refractivity contribution in [3.05, 3.63) is 114 Å². The van der Waals surface area contributed by atoms with E-state index in [0.29, 0.717) is 0 Å². The summed E-state index contributed by atoms with van der Waals surface area (Å²) in [6.07, 6.45) is 0. The van der Waals surface area contributed by atoms with E-state index in [2.05, 4.69) is 171 Å². The first-order chi connectivity index (χ1) is 15.6. The maximum atomic E-state index is 2.38. The standard InChI is InChI=1S/C28H17I3S/c29-22-12-6-18(7-13-22)25-26(19-8-14-23(30)15-9-19)28(21-10-16-24(31)17-11-21)32-27(25)20-4-2-1-3-5-20/h1-17H. The fraction of sp³-hybridized carbons (Fsp3) is 0. The van der Waals surface area contributed by atoms with Crippen LogP contribution in [-0.2, 0) is 0 Å². The van der Waals surface area contributed by atoms with Gasteiger partial charge in [-0.15, -0.1) is 11.3 Å². The van der Waals surface area contributed by atoms with E-state index in [1.165, 1.54) is 53.8 Å². The Morgan fingerprint density at radius 2 is 0.719 bits per heavy atom. The Kier molecular flexibility index (Phi) is 7.01. The first-order valence-corrected chi connectivity index (χ1v) is 14.2. The van der Waals surface area contributed by atoms with Crippen LogP contribution in [0.15, 0.2) is 103 Å². The minimum absolute atomic E-state index is 1.25. The Hall–Kier alpha value is -1.23. The normalized spacial score (nSPS) is 11.0. The van der Waals surface area contributed by atoms with Crippen LogP contribution >= 0.6 is 79.1 Å². The van der Waals surface area contributed by atoms with Gasteiger partial charge in [0.1, 0.15) is 0 Å². The first kappa shape index (κ1) is 22.6. The lowest BCUT2D eigenvalue weighted by Gasteiger charge is -2.11. The third-order valence-corrected chi connectivity index (χ3v) is 8.76. The molecule has 0 aliphatic carbocycles. The summed E-state index contributed by atoms with van der Waals surface area (Å²) in [5.41, 5.74) is 7.66. The van der Waals surface area contributed by atoms with Crippen molar-refractivity contribution in [1.29, 1.82) is 0 Å². The zero-order chi connectivity index (χ0) is 22.1. The molecule has 0 fully saturated rings. The first-order valence-electron chi connectivity index (χ1n) is 10.1. The second-order valence-corrected chi connectivity index (χ2v) is 12.2. The highest BCUT2D eigenvalue weighted by molar-refractivity contribution is 14.1. The van der Waals surface area contributed by atoms with E-state index < -0.39 is 0 Å². The van der Waals surface area contributed by atoms with Crippen molar-refractivity contribution in [2.45, 2.75) is 0 Å². The summed E-state index contributed by atoms with van der Waals surface area (Å²) in [5, 5.41) is 0. The van der Waals surface area contributed by atoms with Gasteiger partial charge in [0.25, 0.3) is 0 Å². The van der Waals surface area contributed by atoms with E-state index in [1.54, 1.807) is 0 Å². The van der Waals surface area contributed by atoms with E-state index >= 15 is 0 Å². The molecule has 0 bridgehead atoms. The summed E-state index contributed by atoms with van der Waals surface area (Å²) in [5.74, 6) is 0. The molecule has 5 rings (SSSR count). The summed E-state index contributed by atoms with van der Waals surface area (Å²) in [4.78, 5) is 2.63. The highest BCUT2D eigenvalue weighted by atomic mass is 127. The van der Waals surface area contributed by atoms with Crippen molar-refractivity contribution in [3.8, 4) is 43.1 Å². The fourth-order valence-electron chi connectivity index (χ4n) is 3.81. The molecule has 0 unspecified atom stereocenters. The van der Waals surface area contributed by atoms with Gasteiger partial charge in [0.2, 0.25) is 0 Å². The highest BCUT2D eigenvalue weighted by Gasteiger charge is 2.23. The molecule has 0 aliphatic rings. The zero-order valence-corrected chi connectivity index (χ0v) is 24.1. The van der Waals surface area contributed by atoms with Crippen molar-refractivity contribution in [3.63, 3.8) is 0 Å². The van der Waals surface area contributed by atoms with Crippen LogP contribution in [0.2, 0.25) is 0 Å². The summed E-state index contributed by atoms with van der Waals surface area (Å²) in [7, 11) is 0. The largest absolute Gasteiger partial charge is 0.134 e. The third kappa shape index (κ3) is 4.69. The van der Waals surface area contributed by atoms with Crippen molar-refractivity contribution < 1.29 is 0 Å². The van der Waals surface area contributed by atoms with Gasteiger partial charge >= 0.3 is 0 Å². The van der Waals surface area contributed by atoms with Gasteiger partial charge in [-0.05, 0) is 126 Å². The minimum atomic E-state index is 1.25. The second-order valence-electron chi connectivity index (χ2n) is 7.40. The van der Waals surface area contributed by atoms with Gasteiger partial charge in [0.15, 0.2) is 0 Å². The number of thiophene rings is 1. The van der Waals surface area contributed by atoms with Crippen LogP contribution in [0.4, 0.5) is 0 Å². The molecule has 5 aromatic rings. The SMILES string of the molecule is Ic1ccc(-c2sc(-c3ccccc3)c(-c3ccc(I)cc3)c2-c2ccc(I)cc2)cc1. The van der Waals surface area contributed by atoms with Crippen LogP contribution in [0.3, 0.4) is 0 Å². The smallest absolute Gasteiger partial charge is 0.0434 e. The molecule has 32 heavy (non-hydrogen) atoms. The van der Waals surface area contributed by atoms with Crippen molar-refractivity contribution in [2.24, 2.45) is 0 Å². The molecule has 0 aliphatic heterocycles. The van der Waals surface area contributed by atoms with Crippen LogP contribution < -0.4 is 0 Å². The predicted molar refractivity (Wildman–Crippen MR) is 164 cm³/mol. The molecule has 4 heteroatoms. The molecule has 0 spiro atoms. The number of rotatable bonds is 4. The maximum Gasteiger partial charge on any atom is 0.0434 e. The molecule has 0 saturated heterocycles. The minimum Gasteiger partial charge on any atom is -0.134 e. The van der Waals surface area contributed by atoms with Crippen molar-refractivity contribution >= 4 is 79.1 Å². The molecule has 156 valence electrons. The van der Waals surface area contributed by atoms with Gasteiger partial charge < -0.3 is 0 Å². The fourth-order valence-corrected chi connectivity index (χ4v) is 6.25. The second kappa shape index (κ2) is 9.95. The van der Waals surface area contributed by atoms with E-state index in [1.807, 2.05) is 11.3 Å². The maximum absolute atomic E-state index is 2.38. The lowest BCUT2D eigenvalue weighted by molar-refractivity contribution is 1.58. The molecule has 1 heterocycles. The van der Waals surface area contributed by atoms with E-state index in [9.17, 15) is 0 Å². The molecule has 4 aromatic carbocycles. The van der Waals surface area contributed by atoms with Crippen LogP contribution in [-0.4, -0.2) is 0 Å². The van der Waals surface area contributed by atoms with Crippen molar-refractivity contribution in [2.75, 3.05) is 0 Å². The van der Waals surface area contributed by atoms with Crippen LogP contribution in [0, 0.1) is 10.7 Å². The predicted octanol–water partition coefficient (Wildman–Crippen LogP) is 10.2. The van der Waals surface area contributed by atoms with Gasteiger partial charge in [0, 0.05) is 31.6 Å². The zero-order valence-electron chi connectivity index (χ0n) is 16.9. The summed E-state index contributed by atoms with van der Waals surface area (Å²) in [6.45, 7) is 0. The Morgan fingerprint density at radius 3 is 1.12 bits per heavy atom. The van der Waals surface area contributed by atoms with E-state index in [0.717, 1.165) is 0 Å². The summed E-state index contributed by atoms with van der Waals surface area (Å²) in [6, 6.07) is 37.5. The molecule has 0 saturated carbocycles. The van der Waals surface area contributed by atoms with Crippen molar-refractivity contribution in [1.82, 2.24) is 0 Å². The molecule has 0 radical (unpaired) electrons. The number of halogens is 3. The van der Waals surface area contributed by atoms with Crippen LogP contribution in [0.1, 0.15) is 0 Å². The third-order valence-electron chi connectivity index (χ3n) is 5.32. The topological polar surface area (TPSA) is 0 Å². The molecule has 0 N–H and O–H groups in total. The molecular weight excluding hydrogens is 749 g/mol. The average Bonchev–Trinajstić information content (AvgIpc) is 3.22. The monoisotopic (exact) mass is 766 g/mol. The molecule has 1 aromatic heterocycles. The highest BCUT2D eigenvalue weighted by Crippen LogP contribution is 2.52. The lowest BCUT2D eigenvalue weighted by Crippen LogP contribution is -1.87. The lowest BCUT2D eigenvalue weighted by atomic mass is 9.91. The Morgan fingerprint density at radius 1 is 0.375 bits per heavy atom. The number of benzene rings is 4. The summed E-state index contributed by atoms with van der Waals surface area (Å²) >= 11 is 9.02.